The number of benzene rings is 1. The van der Waals surface area contributed by atoms with Gasteiger partial charge in [0, 0.05) is 17.8 Å². The average Bonchev–Trinajstić information content (AvgIpc) is 2.72. The van der Waals surface area contributed by atoms with Gasteiger partial charge in [0.1, 0.15) is 17.8 Å². The molecule has 1 aromatic carbocycles. The van der Waals surface area contributed by atoms with Crippen LogP contribution in [0, 0.1) is 6.92 Å². The van der Waals surface area contributed by atoms with Gasteiger partial charge in [-0.1, -0.05) is 18.2 Å². The van der Waals surface area contributed by atoms with Gasteiger partial charge in [-0.2, -0.15) is 0 Å². The molecule has 0 radical (unpaired) electrons. The Hall–Kier alpha value is -3.80. The van der Waals surface area contributed by atoms with Gasteiger partial charge in [0.15, 0.2) is 0 Å². The van der Waals surface area contributed by atoms with Crippen molar-refractivity contribution in [3.63, 3.8) is 0 Å². The fraction of sp³-hybridized carbons (Fsp3) is 0.0909. The third-order valence-electron chi connectivity index (χ3n) is 4.23. The highest BCUT2D eigenvalue weighted by molar-refractivity contribution is 5.92. The van der Waals surface area contributed by atoms with E-state index in [2.05, 4.69) is 9.97 Å². The van der Waals surface area contributed by atoms with Gasteiger partial charge < -0.3 is 9.15 Å². The number of aryl methyl sites for hydroxylation is 1. The van der Waals surface area contributed by atoms with Crippen LogP contribution in [0.2, 0.25) is 0 Å². The van der Waals surface area contributed by atoms with Gasteiger partial charge in [0.25, 0.3) is 0 Å². The average molecular weight is 372 g/mol. The van der Waals surface area contributed by atoms with E-state index in [4.69, 9.17) is 9.15 Å². The Kier molecular flexibility index (Phi) is 4.68. The summed E-state index contributed by atoms with van der Waals surface area (Å²) in [5, 5.41) is 0.658. The Labute approximate surface area is 160 Å². The predicted octanol–water partition coefficient (Wildman–Crippen LogP) is 3.92. The Balaban J connectivity index is 1.53. The summed E-state index contributed by atoms with van der Waals surface area (Å²) >= 11 is 0. The van der Waals surface area contributed by atoms with Crippen LogP contribution in [-0.2, 0) is 11.3 Å². The third-order valence-corrected chi connectivity index (χ3v) is 4.23. The molecule has 0 saturated carbocycles. The number of nitrogens with zero attached hydrogens (tertiary/aromatic N) is 2. The molecule has 0 spiro atoms. The lowest BCUT2D eigenvalue weighted by molar-refractivity contribution is 0.0468. The molecule has 0 aliphatic rings. The first-order valence-electron chi connectivity index (χ1n) is 8.68. The van der Waals surface area contributed by atoms with Crippen LogP contribution in [-0.4, -0.2) is 15.9 Å². The van der Waals surface area contributed by atoms with E-state index in [0.717, 1.165) is 16.8 Å². The lowest BCUT2D eigenvalue weighted by atomic mass is 10.1. The van der Waals surface area contributed by atoms with E-state index in [1.165, 1.54) is 6.07 Å². The maximum atomic E-state index is 12.4. The summed E-state index contributed by atoms with van der Waals surface area (Å²) in [7, 11) is 0. The lowest BCUT2D eigenvalue weighted by Crippen LogP contribution is -2.16. The summed E-state index contributed by atoms with van der Waals surface area (Å²) < 4.78 is 10.5. The zero-order valence-electron chi connectivity index (χ0n) is 15.1. The minimum atomic E-state index is -0.730. The maximum absolute atomic E-state index is 12.4. The number of carbonyl (C=O) groups is 1. The van der Waals surface area contributed by atoms with E-state index in [1.54, 1.807) is 48.8 Å². The smallest absolute Gasteiger partial charge is 0.351 e. The fourth-order valence-corrected chi connectivity index (χ4v) is 2.81. The first kappa shape index (κ1) is 17.6. The summed E-state index contributed by atoms with van der Waals surface area (Å²) in [4.78, 5) is 33.1. The van der Waals surface area contributed by atoms with Crippen LogP contribution in [0.15, 0.2) is 76.2 Å². The summed E-state index contributed by atoms with van der Waals surface area (Å²) in [6.07, 6.45) is 3.35. The molecule has 6 nitrogen and oxygen atoms in total. The molecule has 4 aromatic rings. The molecule has 0 amide bonds. The molecule has 138 valence electrons. The van der Waals surface area contributed by atoms with Gasteiger partial charge in [-0.25, -0.2) is 9.59 Å². The van der Waals surface area contributed by atoms with Crippen molar-refractivity contribution in [3.8, 4) is 11.4 Å². The van der Waals surface area contributed by atoms with Crippen molar-refractivity contribution in [1.29, 1.82) is 0 Å². The zero-order valence-corrected chi connectivity index (χ0v) is 15.1. The molecule has 3 aromatic heterocycles. The zero-order chi connectivity index (χ0) is 19.5. The highest BCUT2D eigenvalue weighted by Gasteiger charge is 2.15. The van der Waals surface area contributed by atoms with Crippen molar-refractivity contribution < 1.29 is 13.9 Å². The second-order valence-corrected chi connectivity index (χ2v) is 6.33. The Morgan fingerprint density at radius 3 is 2.57 bits per heavy atom. The largest absolute Gasteiger partial charge is 0.457 e. The van der Waals surface area contributed by atoms with Crippen LogP contribution in [0.4, 0.5) is 0 Å². The number of esters is 1. The standard InChI is InChI=1S/C22H16N2O4/c1-14-6-8-23-18(10-14)19-11-15(7-9-24-19)13-27-21(25)17-12-16-4-2-3-5-20(16)28-22(17)26/h2-12H,13H2,1H3. The number of carbonyl (C=O) groups excluding carboxylic acids is 1. The van der Waals surface area contributed by atoms with E-state index in [1.807, 2.05) is 19.1 Å². The first-order chi connectivity index (χ1) is 13.6. The second kappa shape index (κ2) is 7.44. The summed E-state index contributed by atoms with van der Waals surface area (Å²) in [5.41, 5.74) is 2.81. The maximum Gasteiger partial charge on any atom is 0.351 e. The Bertz CT molecular complexity index is 1230. The van der Waals surface area contributed by atoms with E-state index in [-0.39, 0.29) is 12.2 Å². The first-order valence-corrected chi connectivity index (χ1v) is 8.68. The number of rotatable bonds is 4. The van der Waals surface area contributed by atoms with E-state index in [9.17, 15) is 9.59 Å². The topological polar surface area (TPSA) is 82.3 Å². The number of hydrogen-bond acceptors (Lipinski definition) is 6. The van der Waals surface area contributed by atoms with Gasteiger partial charge in [-0.15, -0.1) is 0 Å². The van der Waals surface area contributed by atoms with Crippen molar-refractivity contribution in [2.45, 2.75) is 13.5 Å². The molecule has 0 fully saturated rings. The van der Waals surface area contributed by atoms with Crippen molar-refractivity contribution in [2.24, 2.45) is 0 Å². The number of hydrogen-bond donors (Lipinski definition) is 0. The van der Waals surface area contributed by atoms with Crippen molar-refractivity contribution in [3.05, 3.63) is 94.1 Å². The lowest BCUT2D eigenvalue weighted by Gasteiger charge is -2.07. The number of ether oxygens (including phenoxy) is 1. The van der Waals surface area contributed by atoms with Crippen LogP contribution in [0.3, 0.4) is 0 Å². The van der Waals surface area contributed by atoms with Crippen LogP contribution in [0.5, 0.6) is 0 Å². The molecule has 0 aliphatic heterocycles. The van der Waals surface area contributed by atoms with E-state index < -0.39 is 11.6 Å². The number of fused-ring (bicyclic) bond motifs is 1. The van der Waals surface area contributed by atoms with Crippen molar-refractivity contribution in [2.75, 3.05) is 0 Å². The molecule has 0 aliphatic carbocycles. The number of pyridine rings is 2. The predicted molar refractivity (Wildman–Crippen MR) is 104 cm³/mol. The highest BCUT2D eigenvalue weighted by Crippen LogP contribution is 2.18. The number of aromatic nitrogens is 2. The highest BCUT2D eigenvalue weighted by atomic mass is 16.5. The van der Waals surface area contributed by atoms with Gasteiger partial charge in [-0.05, 0) is 54.4 Å². The Morgan fingerprint density at radius 1 is 1.00 bits per heavy atom. The van der Waals surface area contributed by atoms with Crippen LogP contribution < -0.4 is 5.63 Å². The minimum Gasteiger partial charge on any atom is -0.457 e. The molecular weight excluding hydrogens is 356 g/mol. The third kappa shape index (κ3) is 3.66. The molecule has 0 atom stereocenters. The van der Waals surface area contributed by atoms with Crippen molar-refractivity contribution >= 4 is 16.9 Å². The van der Waals surface area contributed by atoms with Crippen molar-refractivity contribution in [1.82, 2.24) is 9.97 Å². The van der Waals surface area contributed by atoms with E-state index >= 15 is 0 Å². The Morgan fingerprint density at radius 2 is 1.75 bits per heavy atom. The molecule has 28 heavy (non-hydrogen) atoms. The minimum absolute atomic E-state index is 0.00638. The molecule has 6 heteroatoms. The summed E-state index contributed by atoms with van der Waals surface area (Å²) in [5.74, 6) is -0.730. The molecule has 0 saturated heterocycles. The van der Waals surface area contributed by atoms with Crippen LogP contribution in [0.25, 0.3) is 22.4 Å². The normalized spacial score (nSPS) is 10.8. The fourth-order valence-electron chi connectivity index (χ4n) is 2.81. The van der Waals surface area contributed by atoms with Gasteiger partial charge in [0.2, 0.25) is 0 Å². The molecule has 3 heterocycles. The summed E-state index contributed by atoms with van der Waals surface area (Å²) in [6.45, 7) is 1.98. The van der Waals surface area contributed by atoms with E-state index in [0.29, 0.717) is 16.7 Å². The van der Waals surface area contributed by atoms with Gasteiger partial charge >= 0.3 is 11.6 Å². The molecule has 4 rings (SSSR count). The van der Waals surface area contributed by atoms with Crippen LogP contribution >= 0.6 is 0 Å². The van der Waals surface area contributed by atoms with Gasteiger partial charge in [-0.3, -0.25) is 9.97 Å². The second-order valence-electron chi connectivity index (χ2n) is 6.33. The van der Waals surface area contributed by atoms with Crippen LogP contribution in [0.1, 0.15) is 21.5 Å². The SMILES string of the molecule is Cc1ccnc(-c2cc(COC(=O)c3cc4ccccc4oc3=O)ccn2)c1. The molecule has 0 bridgehead atoms. The van der Waals surface area contributed by atoms with Gasteiger partial charge in [0.05, 0.1) is 11.4 Å². The molecular formula is C22H16N2O4. The molecule has 0 unspecified atom stereocenters. The monoisotopic (exact) mass is 372 g/mol. The summed E-state index contributed by atoms with van der Waals surface area (Å²) in [6, 6.07) is 15.9. The quantitative estimate of drug-likeness (QED) is 0.399. The number of para-hydroxylation sites is 1. The molecule has 0 N–H and O–H groups in total.